The van der Waals surface area contributed by atoms with E-state index in [0.29, 0.717) is 5.56 Å². The molecule has 0 aromatic heterocycles. The summed E-state index contributed by atoms with van der Waals surface area (Å²) in [6, 6.07) is 13.6. The van der Waals surface area contributed by atoms with Crippen molar-refractivity contribution in [2.24, 2.45) is 0 Å². The molecule has 2 rings (SSSR count). The molecule has 1 unspecified atom stereocenters. The maximum atomic E-state index is 11.7. The van der Waals surface area contributed by atoms with Gasteiger partial charge in [-0.3, -0.25) is 19.5 Å². The van der Waals surface area contributed by atoms with Gasteiger partial charge in [-0.05, 0) is 29.8 Å². The second kappa shape index (κ2) is 6.49. The third-order valence-corrected chi connectivity index (χ3v) is 3.40. The highest BCUT2D eigenvalue weighted by atomic mass is 31.2. The van der Waals surface area contributed by atoms with Crippen molar-refractivity contribution in [1.29, 1.82) is 0 Å². The van der Waals surface area contributed by atoms with Gasteiger partial charge >= 0.3 is 7.82 Å². The number of phosphoric acid groups is 1. The Balaban J connectivity index is 1.95. The zero-order valence-electron chi connectivity index (χ0n) is 10.8. The maximum Gasteiger partial charge on any atom is 0.527 e. The Labute approximate surface area is 120 Å². The van der Waals surface area contributed by atoms with Crippen molar-refractivity contribution < 1.29 is 23.4 Å². The summed E-state index contributed by atoms with van der Waals surface area (Å²) in [6.07, 6.45) is 0. The van der Waals surface area contributed by atoms with Gasteiger partial charge < -0.3 is 4.52 Å². The van der Waals surface area contributed by atoms with Gasteiger partial charge in [-0.25, -0.2) is 4.57 Å². The van der Waals surface area contributed by atoms with E-state index in [0.717, 1.165) is 0 Å². The first-order valence-corrected chi connectivity index (χ1v) is 7.41. The number of nitrogens with zero attached hydrogens (tertiary/aromatic N) is 1. The standard InChI is InChI=1S/C13H12NO6P/c15-14(16)12-8-6-11(7-9-12)10-19-21(17,18)20-13-4-2-1-3-5-13/h1-9H,10H2,(H,17,18). The molecule has 8 heteroatoms. The molecular weight excluding hydrogens is 297 g/mol. The number of phosphoric ester groups is 1. The highest BCUT2D eigenvalue weighted by Crippen LogP contribution is 2.44. The normalized spacial score (nSPS) is 13.4. The van der Waals surface area contributed by atoms with Crippen molar-refractivity contribution >= 4 is 13.5 Å². The number of nitro benzene ring substituents is 1. The van der Waals surface area contributed by atoms with Crippen molar-refractivity contribution in [3.8, 4) is 5.75 Å². The van der Waals surface area contributed by atoms with Crippen molar-refractivity contribution in [3.63, 3.8) is 0 Å². The molecule has 7 nitrogen and oxygen atoms in total. The van der Waals surface area contributed by atoms with Crippen LogP contribution >= 0.6 is 7.82 Å². The maximum absolute atomic E-state index is 11.7. The highest BCUT2D eigenvalue weighted by molar-refractivity contribution is 7.47. The van der Waals surface area contributed by atoms with Gasteiger partial charge in [-0.15, -0.1) is 0 Å². The minimum Gasteiger partial charge on any atom is -0.404 e. The number of non-ortho nitro benzene ring substituents is 1. The second-order valence-electron chi connectivity index (χ2n) is 4.07. The minimum absolute atomic E-state index is 0.0635. The summed E-state index contributed by atoms with van der Waals surface area (Å²) in [6.45, 7) is -0.196. The van der Waals surface area contributed by atoms with Crippen LogP contribution in [0.25, 0.3) is 0 Å². The van der Waals surface area contributed by atoms with Crippen LogP contribution < -0.4 is 4.52 Å². The largest absolute Gasteiger partial charge is 0.527 e. The molecule has 0 aliphatic rings. The smallest absolute Gasteiger partial charge is 0.404 e. The quantitative estimate of drug-likeness (QED) is 0.499. The fraction of sp³-hybridized carbons (Fsp3) is 0.0769. The third kappa shape index (κ3) is 4.68. The number of nitro groups is 1. The Kier molecular flexibility index (Phi) is 4.70. The molecule has 0 aliphatic heterocycles. The molecule has 2 aromatic carbocycles. The first-order chi connectivity index (χ1) is 9.96. The summed E-state index contributed by atoms with van der Waals surface area (Å²) in [5.41, 5.74) is 0.456. The van der Waals surface area contributed by atoms with E-state index in [9.17, 15) is 19.6 Å². The zero-order valence-corrected chi connectivity index (χ0v) is 11.7. The van der Waals surface area contributed by atoms with Crippen LogP contribution in [0.4, 0.5) is 5.69 Å². The average molecular weight is 309 g/mol. The van der Waals surface area contributed by atoms with E-state index in [1.807, 2.05) is 0 Å². The van der Waals surface area contributed by atoms with Crippen LogP contribution in [-0.4, -0.2) is 9.82 Å². The molecule has 110 valence electrons. The van der Waals surface area contributed by atoms with Crippen molar-refractivity contribution in [3.05, 3.63) is 70.3 Å². The summed E-state index contributed by atoms with van der Waals surface area (Å²) in [5, 5.41) is 10.5. The van der Waals surface area contributed by atoms with Crippen molar-refractivity contribution in [1.82, 2.24) is 0 Å². The lowest BCUT2D eigenvalue weighted by atomic mass is 10.2. The summed E-state index contributed by atoms with van der Waals surface area (Å²) < 4.78 is 21.4. The van der Waals surface area contributed by atoms with Gasteiger partial charge in [-0.1, -0.05) is 18.2 Å². The summed E-state index contributed by atoms with van der Waals surface area (Å²) in [5.74, 6) is 0.215. The Morgan fingerprint density at radius 1 is 1.10 bits per heavy atom. The van der Waals surface area contributed by atoms with Crippen molar-refractivity contribution in [2.45, 2.75) is 6.61 Å². The van der Waals surface area contributed by atoms with E-state index < -0.39 is 12.7 Å². The second-order valence-corrected chi connectivity index (χ2v) is 5.45. The molecule has 0 amide bonds. The topological polar surface area (TPSA) is 98.9 Å². The average Bonchev–Trinajstić information content (AvgIpc) is 2.46. The number of rotatable bonds is 6. The van der Waals surface area contributed by atoms with Crippen LogP contribution in [0.15, 0.2) is 54.6 Å². The summed E-state index contributed by atoms with van der Waals surface area (Å²) in [4.78, 5) is 19.5. The predicted molar refractivity (Wildman–Crippen MR) is 74.8 cm³/mol. The van der Waals surface area contributed by atoms with E-state index in [-0.39, 0.29) is 18.0 Å². The highest BCUT2D eigenvalue weighted by Gasteiger charge is 2.23. The molecule has 0 aliphatic carbocycles. The molecule has 0 spiro atoms. The number of para-hydroxylation sites is 1. The van der Waals surface area contributed by atoms with Gasteiger partial charge in [0.05, 0.1) is 11.5 Å². The molecule has 0 heterocycles. The first-order valence-electron chi connectivity index (χ1n) is 5.91. The molecule has 0 fully saturated rings. The molecule has 0 saturated carbocycles. The Morgan fingerprint density at radius 3 is 2.29 bits per heavy atom. The zero-order chi connectivity index (χ0) is 15.3. The van der Waals surface area contributed by atoms with E-state index >= 15 is 0 Å². The first kappa shape index (κ1) is 15.2. The van der Waals surface area contributed by atoms with Gasteiger partial charge in [0.2, 0.25) is 0 Å². The molecular formula is C13H12NO6P. The van der Waals surface area contributed by atoms with E-state index in [4.69, 9.17) is 9.05 Å². The van der Waals surface area contributed by atoms with E-state index in [2.05, 4.69) is 0 Å². The number of hydrogen-bond acceptors (Lipinski definition) is 5. The fourth-order valence-electron chi connectivity index (χ4n) is 1.51. The lowest BCUT2D eigenvalue weighted by molar-refractivity contribution is -0.384. The van der Waals surface area contributed by atoms with E-state index in [1.54, 1.807) is 18.2 Å². The summed E-state index contributed by atoms with van der Waals surface area (Å²) >= 11 is 0. The summed E-state index contributed by atoms with van der Waals surface area (Å²) in [7, 11) is -4.24. The lowest BCUT2D eigenvalue weighted by Gasteiger charge is -2.12. The molecule has 2 aromatic rings. The lowest BCUT2D eigenvalue weighted by Crippen LogP contribution is -1.98. The van der Waals surface area contributed by atoms with Crippen LogP contribution in [0, 0.1) is 10.1 Å². The Hall–Kier alpha value is -2.21. The van der Waals surface area contributed by atoms with Crippen LogP contribution in [0.5, 0.6) is 5.75 Å². The molecule has 1 N–H and O–H groups in total. The number of benzene rings is 2. The van der Waals surface area contributed by atoms with Crippen LogP contribution in [-0.2, 0) is 15.7 Å². The molecule has 0 bridgehead atoms. The predicted octanol–water partition coefficient (Wildman–Crippen LogP) is 3.29. The van der Waals surface area contributed by atoms with Gasteiger partial charge in [0.15, 0.2) is 0 Å². The third-order valence-electron chi connectivity index (χ3n) is 2.51. The van der Waals surface area contributed by atoms with Gasteiger partial charge in [-0.2, -0.15) is 0 Å². The number of hydrogen-bond donors (Lipinski definition) is 1. The minimum atomic E-state index is -4.24. The van der Waals surface area contributed by atoms with Gasteiger partial charge in [0.1, 0.15) is 5.75 Å². The van der Waals surface area contributed by atoms with Gasteiger partial charge in [0, 0.05) is 12.1 Å². The molecule has 0 radical (unpaired) electrons. The Morgan fingerprint density at radius 2 is 1.71 bits per heavy atom. The fourth-order valence-corrected chi connectivity index (χ4v) is 2.26. The van der Waals surface area contributed by atoms with E-state index in [1.165, 1.54) is 36.4 Å². The van der Waals surface area contributed by atoms with Crippen LogP contribution in [0.1, 0.15) is 5.56 Å². The molecule has 0 saturated heterocycles. The Bertz CT molecular complexity index is 658. The van der Waals surface area contributed by atoms with Crippen LogP contribution in [0.3, 0.4) is 0 Å². The monoisotopic (exact) mass is 309 g/mol. The van der Waals surface area contributed by atoms with Crippen molar-refractivity contribution in [2.75, 3.05) is 0 Å². The van der Waals surface area contributed by atoms with Crippen LogP contribution in [0.2, 0.25) is 0 Å². The van der Waals surface area contributed by atoms with Gasteiger partial charge in [0.25, 0.3) is 5.69 Å². The molecule has 1 atom stereocenters. The SMILES string of the molecule is O=[N+]([O-])c1ccc(COP(=O)(O)Oc2ccccc2)cc1. The molecule has 21 heavy (non-hydrogen) atoms.